The monoisotopic (exact) mass is 393 g/mol. The first kappa shape index (κ1) is 19.5. The van der Waals surface area contributed by atoms with Gasteiger partial charge in [-0.15, -0.1) is 0 Å². The Morgan fingerprint density at radius 1 is 1.39 bits per heavy atom. The number of benzene rings is 1. The van der Waals surface area contributed by atoms with Crippen molar-refractivity contribution >= 4 is 28.2 Å². The number of nitrogens with zero attached hydrogens (tertiary/aromatic N) is 3. The summed E-state index contributed by atoms with van der Waals surface area (Å²) in [6.45, 7) is 0.436. The van der Waals surface area contributed by atoms with Crippen molar-refractivity contribution in [1.82, 2.24) is 20.1 Å². The normalized spacial score (nSPS) is 12.5. The van der Waals surface area contributed by atoms with Crippen LogP contribution in [0.3, 0.4) is 0 Å². The molecule has 0 saturated heterocycles. The second-order valence-electron chi connectivity index (χ2n) is 6.19. The maximum absolute atomic E-state index is 12.3. The van der Waals surface area contributed by atoms with Crippen molar-refractivity contribution < 1.29 is 23.1 Å². The van der Waals surface area contributed by atoms with E-state index in [-0.39, 0.29) is 11.4 Å². The molecule has 0 aliphatic carbocycles. The third-order valence-corrected chi connectivity index (χ3v) is 4.07. The van der Waals surface area contributed by atoms with E-state index >= 15 is 0 Å². The molecular formula is C18H18F3N5O2. The number of aromatic amines is 1. The van der Waals surface area contributed by atoms with E-state index in [4.69, 9.17) is 0 Å². The van der Waals surface area contributed by atoms with Crippen LogP contribution in [0, 0.1) is 0 Å². The minimum Gasteiger partial charge on any atom is -0.494 e. The predicted octanol–water partition coefficient (Wildman–Crippen LogP) is 3.43. The fraction of sp³-hybridized carbons (Fsp3) is 0.278. The van der Waals surface area contributed by atoms with Crippen LogP contribution < -0.4 is 5.32 Å². The third kappa shape index (κ3) is 4.16. The largest absolute Gasteiger partial charge is 0.494 e. The van der Waals surface area contributed by atoms with Gasteiger partial charge in [0.15, 0.2) is 5.88 Å². The number of alkyl halides is 3. The zero-order valence-corrected chi connectivity index (χ0v) is 15.1. The molecule has 1 amide bonds. The Kier molecular flexibility index (Phi) is 5.12. The van der Waals surface area contributed by atoms with E-state index in [0.717, 1.165) is 0 Å². The van der Waals surface area contributed by atoms with E-state index in [9.17, 15) is 23.1 Å². The molecule has 0 aliphatic rings. The minimum absolute atomic E-state index is 0.0498. The summed E-state index contributed by atoms with van der Waals surface area (Å²) in [6.07, 6.45) is -0.752. The molecule has 0 saturated carbocycles. The zero-order chi connectivity index (χ0) is 20.5. The van der Waals surface area contributed by atoms with E-state index in [2.05, 4.69) is 15.1 Å². The summed E-state index contributed by atoms with van der Waals surface area (Å²) in [4.78, 5) is 19.4. The second kappa shape index (κ2) is 7.37. The lowest BCUT2D eigenvalue weighted by Gasteiger charge is -2.09. The molecule has 0 unspecified atom stereocenters. The van der Waals surface area contributed by atoms with E-state index in [0.29, 0.717) is 34.3 Å². The number of nitrogens with one attached hydrogen (secondary N) is 2. The Hall–Kier alpha value is -3.30. The van der Waals surface area contributed by atoms with Crippen molar-refractivity contribution in [2.75, 3.05) is 6.54 Å². The maximum Gasteiger partial charge on any atom is 0.405 e. The topological polar surface area (TPSA) is 95.3 Å². The lowest BCUT2D eigenvalue weighted by atomic mass is 10.0. The van der Waals surface area contributed by atoms with Crippen LogP contribution in [-0.4, -0.2) is 44.2 Å². The average molecular weight is 393 g/mol. The van der Waals surface area contributed by atoms with Gasteiger partial charge in [0.25, 0.3) is 5.91 Å². The molecule has 3 rings (SSSR count). The van der Waals surface area contributed by atoms with Crippen molar-refractivity contribution in [2.45, 2.75) is 19.5 Å². The van der Waals surface area contributed by atoms with Crippen molar-refractivity contribution in [3.63, 3.8) is 0 Å². The molecule has 28 heavy (non-hydrogen) atoms. The van der Waals surface area contributed by atoms with Crippen molar-refractivity contribution in [3.05, 3.63) is 41.7 Å². The fourth-order valence-corrected chi connectivity index (χ4v) is 2.83. The molecule has 1 aromatic carbocycles. The van der Waals surface area contributed by atoms with Gasteiger partial charge in [-0.25, -0.2) is 4.99 Å². The lowest BCUT2D eigenvalue weighted by Crippen LogP contribution is -2.33. The van der Waals surface area contributed by atoms with Crippen LogP contribution in [0.5, 0.6) is 5.88 Å². The maximum atomic E-state index is 12.3. The van der Waals surface area contributed by atoms with Crippen LogP contribution in [0.4, 0.5) is 18.9 Å². The summed E-state index contributed by atoms with van der Waals surface area (Å²) in [7, 11) is 1.75. The number of rotatable bonds is 5. The highest BCUT2D eigenvalue weighted by Gasteiger charge is 2.28. The molecule has 0 aliphatic heterocycles. The van der Waals surface area contributed by atoms with Gasteiger partial charge in [0.1, 0.15) is 12.2 Å². The standard InChI is InChI=1S/C18H18F3N5O2/c1-3-13(24-11-7-23-26(2)8-11)15-12-6-10(4-5-14(12)25-17(15)28)16(27)22-9-18(19,20)21/h4-8,25,28H,3,9H2,1-2H3,(H,22,27). The zero-order valence-electron chi connectivity index (χ0n) is 15.1. The summed E-state index contributed by atoms with van der Waals surface area (Å²) in [5, 5.41) is 16.7. The summed E-state index contributed by atoms with van der Waals surface area (Å²) < 4.78 is 38.6. The van der Waals surface area contributed by atoms with Gasteiger partial charge < -0.3 is 15.4 Å². The molecule has 2 heterocycles. The molecule has 148 valence electrons. The highest BCUT2D eigenvalue weighted by atomic mass is 19.4. The molecule has 0 fully saturated rings. The van der Waals surface area contributed by atoms with Crippen molar-refractivity contribution in [2.24, 2.45) is 12.0 Å². The average Bonchev–Trinajstić information content (AvgIpc) is 3.18. The number of aromatic hydroxyl groups is 1. The van der Waals surface area contributed by atoms with Crippen molar-refractivity contribution in [1.29, 1.82) is 0 Å². The van der Waals surface area contributed by atoms with Gasteiger partial charge >= 0.3 is 6.18 Å². The molecule has 0 bridgehead atoms. The molecule has 0 spiro atoms. The Labute approximate surface area is 157 Å². The van der Waals surface area contributed by atoms with Crippen molar-refractivity contribution in [3.8, 4) is 5.88 Å². The Bertz CT molecular complexity index is 1050. The van der Waals surface area contributed by atoms with E-state index in [1.54, 1.807) is 24.1 Å². The highest BCUT2D eigenvalue weighted by Crippen LogP contribution is 2.31. The number of carbonyl (C=O) groups is 1. The number of aliphatic imine (C=N–C) groups is 1. The summed E-state index contributed by atoms with van der Waals surface area (Å²) in [5.41, 5.74) is 2.12. The number of hydrogen-bond donors (Lipinski definition) is 3. The van der Waals surface area contributed by atoms with Gasteiger partial charge in [-0.3, -0.25) is 9.48 Å². The number of amides is 1. The number of carbonyl (C=O) groups excluding carboxylic acids is 1. The molecule has 0 atom stereocenters. The molecule has 7 nitrogen and oxygen atoms in total. The Balaban J connectivity index is 2.01. The molecule has 0 radical (unpaired) electrons. The number of aryl methyl sites for hydroxylation is 1. The van der Waals surface area contributed by atoms with Gasteiger partial charge in [-0.05, 0) is 24.6 Å². The number of fused-ring (bicyclic) bond motifs is 1. The molecule has 3 N–H and O–H groups in total. The number of H-pyrrole nitrogens is 1. The number of aromatic nitrogens is 3. The van der Waals surface area contributed by atoms with Gasteiger partial charge in [-0.1, -0.05) is 6.92 Å². The van der Waals surface area contributed by atoms with E-state index in [1.807, 2.05) is 12.2 Å². The lowest BCUT2D eigenvalue weighted by molar-refractivity contribution is -0.123. The molecule has 10 heteroatoms. The SMILES string of the molecule is CCC(=Nc1cnn(C)c1)c1c(O)[nH]c2ccc(C(=O)NCC(F)(F)F)cc12. The first-order valence-electron chi connectivity index (χ1n) is 8.44. The number of halogens is 3. The minimum atomic E-state index is -4.50. The first-order chi connectivity index (χ1) is 13.2. The molecule has 2 aromatic heterocycles. The second-order valence-corrected chi connectivity index (χ2v) is 6.19. The number of hydrogen-bond acceptors (Lipinski definition) is 4. The van der Waals surface area contributed by atoms with Gasteiger partial charge in [-0.2, -0.15) is 18.3 Å². The fourth-order valence-electron chi connectivity index (χ4n) is 2.83. The van der Waals surface area contributed by atoms with Crippen LogP contribution in [0.1, 0.15) is 29.3 Å². The van der Waals surface area contributed by atoms with Gasteiger partial charge in [0, 0.05) is 23.5 Å². The van der Waals surface area contributed by atoms with E-state index in [1.165, 1.54) is 18.2 Å². The van der Waals surface area contributed by atoms with E-state index < -0.39 is 18.6 Å². The smallest absolute Gasteiger partial charge is 0.405 e. The Morgan fingerprint density at radius 2 is 2.14 bits per heavy atom. The Morgan fingerprint density at radius 3 is 2.75 bits per heavy atom. The van der Waals surface area contributed by atoms with Gasteiger partial charge in [0.05, 0.1) is 23.7 Å². The van der Waals surface area contributed by atoms with Crippen LogP contribution in [-0.2, 0) is 7.05 Å². The molecular weight excluding hydrogens is 375 g/mol. The highest BCUT2D eigenvalue weighted by molar-refractivity contribution is 6.14. The van der Waals surface area contributed by atoms with Crippen LogP contribution in [0.15, 0.2) is 35.6 Å². The summed E-state index contributed by atoms with van der Waals surface area (Å²) in [6, 6.07) is 4.34. The molecule has 3 aromatic rings. The van der Waals surface area contributed by atoms with Gasteiger partial charge in [0.2, 0.25) is 0 Å². The van der Waals surface area contributed by atoms with Crippen LogP contribution >= 0.6 is 0 Å². The quantitative estimate of drug-likeness (QED) is 0.580. The third-order valence-electron chi connectivity index (χ3n) is 4.07. The van der Waals surface area contributed by atoms with Crippen LogP contribution in [0.2, 0.25) is 0 Å². The first-order valence-corrected chi connectivity index (χ1v) is 8.44. The van der Waals surface area contributed by atoms with Crippen LogP contribution in [0.25, 0.3) is 10.9 Å². The predicted molar refractivity (Wildman–Crippen MR) is 98.0 cm³/mol. The summed E-state index contributed by atoms with van der Waals surface area (Å²) in [5.74, 6) is -0.986. The summed E-state index contributed by atoms with van der Waals surface area (Å²) >= 11 is 0.